The Morgan fingerprint density at radius 3 is 2.81 bits per heavy atom. The lowest BCUT2D eigenvalue weighted by Crippen LogP contribution is -1.84. The molecule has 2 heterocycles. The summed E-state index contributed by atoms with van der Waals surface area (Å²) < 4.78 is 5.33. The Morgan fingerprint density at radius 2 is 2.00 bits per heavy atom. The molecule has 3 aromatic rings. The van der Waals surface area contributed by atoms with Crippen LogP contribution in [0, 0.1) is 6.92 Å². The first-order valence-corrected chi connectivity index (χ1v) is 5.24. The molecule has 0 spiro atoms. The molecule has 2 heteroatoms. The molecule has 78 valence electrons. The Balaban J connectivity index is 2.20. The lowest BCUT2D eigenvalue weighted by atomic mass is 10.1. The molecule has 0 saturated carbocycles. The highest BCUT2D eigenvalue weighted by Gasteiger charge is 2.03. The van der Waals surface area contributed by atoms with E-state index >= 15 is 0 Å². The van der Waals surface area contributed by atoms with Gasteiger partial charge in [-0.05, 0) is 37.3 Å². The van der Waals surface area contributed by atoms with Gasteiger partial charge in [0, 0.05) is 5.39 Å². The van der Waals surface area contributed by atoms with E-state index < -0.39 is 0 Å². The number of furan rings is 1. The molecule has 3 rings (SSSR count). The summed E-state index contributed by atoms with van der Waals surface area (Å²) in [4.78, 5) is 4.57. The summed E-state index contributed by atoms with van der Waals surface area (Å²) in [6, 6.07) is 14.1. The van der Waals surface area contributed by atoms with Gasteiger partial charge in [0.05, 0.1) is 11.8 Å². The maximum atomic E-state index is 5.33. The second-order valence-electron chi connectivity index (χ2n) is 3.87. The van der Waals surface area contributed by atoms with Crippen molar-refractivity contribution in [3.05, 3.63) is 54.3 Å². The minimum absolute atomic E-state index is 0.808. The van der Waals surface area contributed by atoms with E-state index in [0.717, 1.165) is 22.4 Å². The van der Waals surface area contributed by atoms with Crippen LogP contribution in [0.25, 0.3) is 22.4 Å². The summed E-state index contributed by atoms with van der Waals surface area (Å²) in [5, 5.41) is 1.16. The summed E-state index contributed by atoms with van der Waals surface area (Å²) in [5.41, 5.74) is 3.13. The zero-order valence-electron chi connectivity index (χ0n) is 8.97. The van der Waals surface area contributed by atoms with Crippen molar-refractivity contribution in [2.45, 2.75) is 6.92 Å². The Bertz CT molecular complexity index is 626. The molecule has 0 radical (unpaired) electrons. The van der Waals surface area contributed by atoms with Gasteiger partial charge in [-0.1, -0.05) is 17.7 Å². The number of benzene rings is 1. The number of fused-ring (bicyclic) bond motifs is 1. The molecule has 0 amide bonds. The second kappa shape index (κ2) is 3.49. The van der Waals surface area contributed by atoms with Crippen molar-refractivity contribution in [3.63, 3.8) is 0 Å². The molecule has 0 aliphatic rings. The minimum atomic E-state index is 0.808. The summed E-state index contributed by atoms with van der Waals surface area (Å²) in [6.45, 7) is 2.08. The third-order valence-electron chi connectivity index (χ3n) is 2.62. The highest BCUT2D eigenvalue weighted by Crippen LogP contribution is 2.21. The van der Waals surface area contributed by atoms with Crippen LogP contribution < -0.4 is 0 Å². The van der Waals surface area contributed by atoms with Crippen molar-refractivity contribution in [2.24, 2.45) is 0 Å². The standard InChI is InChI=1S/C14H11NO/c1-10-4-6-12-11(9-10)5-7-13(15-12)14-3-2-8-16-14/h2-9H,1H3. The van der Waals surface area contributed by atoms with Crippen molar-refractivity contribution < 1.29 is 4.42 Å². The Kier molecular flexibility index (Phi) is 2.00. The highest BCUT2D eigenvalue weighted by atomic mass is 16.3. The van der Waals surface area contributed by atoms with Crippen molar-refractivity contribution in [1.29, 1.82) is 0 Å². The molecule has 0 unspecified atom stereocenters. The lowest BCUT2D eigenvalue weighted by molar-refractivity contribution is 0.580. The maximum absolute atomic E-state index is 5.33. The van der Waals surface area contributed by atoms with Crippen molar-refractivity contribution >= 4 is 10.9 Å². The Morgan fingerprint density at radius 1 is 1.06 bits per heavy atom. The zero-order valence-corrected chi connectivity index (χ0v) is 8.97. The van der Waals surface area contributed by atoms with Crippen LogP contribution in [0.2, 0.25) is 0 Å². The molecular weight excluding hydrogens is 198 g/mol. The van der Waals surface area contributed by atoms with Gasteiger partial charge in [0.2, 0.25) is 0 Å². The SMILES string of the molecule is Cc1ccc2nc(-c3ccco3)ccc2c1. The van der Waals surface area contributed by atoms with Gasteiger partial charge in [-0.3, -0.25) is 0 Å². The van der Waals surface area contributed by atoms with E-state index in [4.69, 9.17) is 4.42 Å². The first-order chi connectivity index (χ1) is 7.83. The second-order valence-corrected chi connectivity index (χ2v) is 3.87. The molecule has 0 saturated heterocycles. The van der Waals surface area contributed by atoms with Crippen LogP contribution in [-0.2, 0) is 0 Å². The fourth-order valence-electron chi connectivity index (χ4n) is 1.81. The molecule has 0 N–H and O–H groups in total. The summed E-state index contributed by atoms with van der Waals surface area (Å²) in [6.07, 6.45) is 1.66. The molecule has 1 aromatic carbocycles. The largest absolute Gasteiger partial charge is 0.463 e. The molecular formula is C14H11NO. The molecule has 0 atom stereocenters. The molecule has 0 aliphatic carbocycles. The van der Waals surface area contributed by atoms with Crippen molar-refractivity contribution in [2.75, 3.05) is 0 Å². The predicted octanol–water partition coefficient (Wildman–Crippen LogP) is 3.80. The Labute approximate surface area is 93.5 Å². The fourth-order valence-corrected chi connectivity index (χ4v) is 1.81. The molecule has 16 heavy (non-hydrogen) atoms. The average molecular weight is 209 g/mol. The maximum Gasteiger partial charge on any atom is 0.152 e. The van der Waals surface area contributed by atoms with Gasteiger partial charge >= 0.3 is 0 Å². The number of aryl methyl sites for hydroxylation is 1. The van der Waals surface area contributed by atoms with Gasteiger partial charge in [0.25, 0.3) is 0 Å². The molecule has 2 aromatic heterocycles. The quantitative estimate of drug-likeness (QED) is 0.609. The highest BCUT2D eigenvalue weighted by molar-refractivity contribution is 5.81. The number of hydrogen-bond acceptors (Lipinski definition) is 2. The van der Waals surface area contributed by atoms with Crippen LogP contribution in [0.1, 0.15) is 5.56 Å². The predicted molar refractivity (Wildman–Crippen MR) is 64.2 cm³/mol. The number of aromatic nitrogens is 1. The van der Waals surface area contributed by atoms with E-state index in [1.165, 1.54) is 5.56 Å². The summed E-state index contributed by atoms with van der Waals surface area (Å²) >= 11 is 0. The van der Waals surface area contributed by atoms with E-state index in [9.17, 15) is 0 Å². The minimum Gasteiger partial charge on any atom is -0.463 e. The van der Waals surface area contributed by atoms with E-state index in [2.05, 4.69) is 30.1 Å². The third-order valence-corrected chi connectivity index (χ3v) is 2.62. The van der Waals surface area contributed by atoms with Crippen LogP contribution in [-0.4, -0.2) is 4.98 Å². The Hall–Kier alpha value is -2.09. The van der Waals surface area contributed by atoms with Crippen molar-refractivity contribution in [3.8, 4) is 11.5 Å². The fraction of sp³-hybridized carbons (Fsp3) is 0.0714. The van der Waals surface area contributed by atoms with E-state index in [0.29, 0.717) is 0 Å². The van der Waals surface area contributed by atoms with Gasteiger partial charge < -0.3 is 4.42 Å². The normalized spacial score (nSPS) is 10.8. The number of rotatable bonds is 1. The van der Waals surface area contributed by atoms with Crippen LogP contribution >= 0.6 is 0 Å². The van der Waals surface area contributed by atoms with Crippen LogP contribution in [0.15, 0.2) is 53.1 Å². The molecule has 0 aliphatic heterocycles. The number of nitrogens with zero attached hydrogens (tertiary/aromatic N) is 1. The van der Waals surface area contributed by atoms with Gasteiger partial charge in [0.15, 0.2) is 5.76 Å². The van der Waals surface area contributed by atoms with Gasteiger partial charge in [-0.25, -0.2) is 4.98 Å². The monoisotopic (exact) mass is 209 g/mol. The smallest absolute Gasteiger partial charge is 0.152 e. The van der Waals surface area contributed by atoms with Crippen LogP contribution in [0.5, 0.6) is 0 Å². The van der Waals surface area contributed by atoms with E-state index in [1.54, 1.807) is 6.26 Å². The van der Waals surface area contributed by atoms with Gasteiger partial charge in [-0.15, -0.1) is 0 Å². The van der Waals surface area contributed by atoms with Gasteiger partial charge in [-0.2, -0.15) is 0 Å². The first kappa shape index (κ1) is 9.16. The average Bonchev–Trinajstić information content (AvgIpc) is 2.82. The van der Waals surface area contributed by atoms with Gasteiger partial charge in [0.1, 0.15) is 5.69 Å². The van der Waals surface area contributed by atoms with Crippen LogP contribution in [0.3, 0.4) is 0 Å². The molecule has 0 fully saturated rings. The summed E-state index contributed by atoms with van der Waals surface area (Å²) in [7, 11) is 0. The third kappa shape index (κ3) is 1.48. The molecule has 0 bridgehead atoms. The zero-order chi connectivity index (χ0) is 11.0. The van der Waals surface area contributed by atoms with Crippen molar-refractivity contribution in [1.82, 2.24) is 4.98 Å². The van der Waals surface area contributed by atoms with E-state index in [1.807, 2.05) is 24.3 Å². The molecule has 2 nitrogen and oxygen atoms in total. The van der Waals surface area contributed by atoms with Crippen LogP contribution in [0.4, 0.5) is 0 Å². The van der Waals surface area contributed by atoms with E-state index in [-0.39, 0.29) is 0 Å². The number of hydrogen-bond donors (Lipinski definition) is 0. The lowest BCUT2D eigenvalue weighted by Gasteiger charge is -2.01. The summed E-state index contributed by atoms with van der Waals surface area (Å²) in [5.74, 6) is 0.808. The number of pyridine rings is 1. The topological polar surface area (TPSA) is 26.0 Å². The first-order valence-electron chi connectivity index (χ1n) is 5.24.